The molecule has 0 bridgehead atoms. The Morgan fingerprint density at radius 3 is 2.55 bits per heavy atom. The molecule has 0 saturated carbocycles. The molecule has 0 aliphatic rings. The second-order valence-electron chi connectivity index (χ2n) is 4.11. The fourth-order valence-corrected chi connectivity index (χ4v) is 4.92. The van der Waals surface area contributed by atoms with Gasteiger partial charge in [-0.2, -0.15) is 0 Å². The SMILES string of the molecule is O=S(=O)(c1ccc(Br)cc1Br)n1cnc2ccccc21. The van der Waals surface area contributed by atoms with E-state index >= 15 is 0 Å². The monoisotopic (exact) mass is 414 g/mol. The van der Waals surface area contributed by atoms with Gasteiger partial charge in [0.1, 0.15) is 11.2 Å². The van der Waals surface area contributed by atoms with E-state index in [1.54, 1.807) is 36.4 Å². The van der Waals surface area contributed by atoms with Crippen LogP contribution in [0, 0.1) is 0 Å². The van der Waals surface area contributed by atoms with Crippen molar-refractivity contribution in [3.05, 3.63) is 57.7 Å². The van der Waals surface area contributed by atoms with Crippen LogP contribution in [0.15, 0.2) is 62.6 Å². The summed E-state index contributed by atoms with van der Waals surface area (Å²) in [5.74, 6) is 0. The number of benzene rings is 2. The van der Waals surface area contributed by atoms with Crippen LogP contribution in [0.5, 0.6) is 0 Å². The lowest BCUT2D eigenvalue weighted by Crippen LogP contribution is -2.12. The van der Waals surface area contributed by atoms with Gasteiger partial charge in [-0.05, 0) is 46.3 Å². The van der Waals surface area contributed by atoms with Gasteiger partial charge in [0.15, 0.2) is 0 Å². The molecule has 0 saturated heterocycles. The number of rotatable bonds is 2. The van der Waals surface area contributed by atoms with Crippen molar-refractivity contribution in [2.45, 2.75) is 4.90 Å². The van der Waals surface area contributed by atoms with Crippen molar-refractivity contribution < 1.29 is 8.42 Å². The standard InChI is InChI=1S/C13H8Br2N2O2S/c14-9-5-6-13(10(15)7-9)20(18,19)17-8-16-11-3-1-2-4-12(11)17/h1-8H. The largest absolute Gasteiger partial charge is 0.270 e. The third kappa shape index (κ3) is 2.19. The van der Waals surface area contributed by atoms with E-state index in [4.69, 9.17) is 0 Å². The Kier molecular flexibility index (Phi) is 3.43. The molecule has 0 radical (unpaired) electrons. The highest BCUT2D eigenvalue weighted by Crippen LogP contribution is 2.28. The van der Waals surface area contributed by atoms with Crippen LogP contribution >= 0.6 is 31.9 Å². The highest BCUT2D eigenvalue weighted by atomic mass is 79.9. The topological polar surface area (TPSA) is 52.0 Å². The maximum Gasteiger partial charge on any atom is 0.270 e. The molecule has 0 unspecified atom stereocenters. The molecule has 0 spiro atoms. The molecule has 0 aliphatic carbocycles. The third-order valence-electron chi connectivity index (χ3n) is 2.85. The molecule has 0 amide bonds. The van der Waals surface area contributed by atoms with Crippen LogP contribution < -0.4 is 0 Å². The van der Waals surface area contributed by atoms with Gasteiger partial charge in [0.25, 0.3) is 10.0 Å². The Labute approximate surface area is 132 Å². The predicted molar refractivity (Wildman–Crippen MR) is 84.2 cm³/mol. The smallest absolute Gasteiger partial charge is 0.236 e. The van der Waals surface area contributed by atoms with Gasteiger partial charge in [0.2, 0.25) is 0 Å². The van der Waals surface area contributed by atoms with Gasteiger partial charge in [-0.25, -0.2) is 17.4 Å². The molecule has 4 nitrogen and oxygen atoms in total. The van der Waals surface area contributed by atoms with Crippen molar-refractivity contribution in [1.82, 2.24) is 8.96 Å². The van der Waals surface area contributed by atoms with Crippen molar-refractivity contribution in [3.63, 3.8) is 0 Å². The minimum absolute atomic E-state index is 0.198. The number of para-hydroxylation sites is 2. The Morgan fingerprint density at radius 2 is 1.80 bits per heavy atom. The summed E-state index contributed by atoms with van der Waals surface area (Å²) in [5, 5.41) is 0. The number of imidazole rings is 1. The van der Waals surface area contributed by atoms with Crippen molar-refractivity contribution in [2.24, 2.45) is 0 Å². The number of aromatic nitrogens is 2. The minimum atomic E-state index is -3.68. The first kappa shape index (κ1) is 13.8. The Hall–Kier alpha value is -1.18. The van der Waals surface area contributed by atoms with Crippen LogP contribution in [0.3, 0.4) is 0 Å². The number of halogens is 2. The van der Waals surface area contributed by atoms with Crippen LogP contribution in [0.1, 0.15) is 0 Å². The van der Waals surface area contributed by atoms with Gasteiger partial charge in [-0.3, -0.25) is 0 Å². The van der Waals surface area contributed by atoms with E-state index in [9.17, 15) is 8.42 Å². The molecule has 20 heavy (non-hydrogen) atoms. The molecule has 0 N–H and O–H groups in total. The molecule has 7 heteroatoms. The van der Waals surface area contributed by atoms with Crippen molar-refractivity contribution in [3.8, 4) is 0 Å². The zero-order chi connectivity index (χ0) is 14.3. The lowest BCUT2D eigenvalue weighted by Gasteiger charge is -2.08. The van der Waals surface area contributed by atoms with E-state index in [1.165, 1.54) is 10.3 Å². The van der Waals surface area contributed by atoms with Gasteiger partial charge < -0.3 is 0 Å². The highest BCUT2D eigenvalue weighted by molar-refractivity contribution is 9.11. The number of hydrogen-bond acceptors (Lipinski definition) is 3. The lowest BCUT2D eigenvalue weighted by molar-refractivity contribution is 0.588. The first-order valence-electron chi connectivity index (χ1n) is 5.63. The average Bonchev–Trinajstić information content (AvgIpc) is 2.82. The van der Waals surface area contributed by atoms with Gasteiger partial charge in [0.05, 0.1) is 11.0 Å². The number of hydrogen-bond donors (Lipinski definition) is 0. The molecule has 3 rings (SSSR count). The summed E-state index contributed by atoms with van der Waals surface area (Å²) < 4.78 is 27.9. The molecule has 2 aromatic carbocycles. The minimum Gasteiger partial charge on any atom is -0.236 e. The summed E-state index contributed by atoms with van der Waals surface area (Å²) >= 11 is 6.60. The zero-order valence-corrected chi connectivity index (χ0v) is 14.0. The Balaban J connectivity index is 2.26. The molecule has 0 aliphatic heterocycles. The summed E-state index contributed by atoms with van der Waals surface area (Å²) in [6, 6.07) is 12.1. The van der Waals surface area contributed by atoms with Gasteiger partial charge >= 0.3 is 0 Å². The molecule has 3 aromatic rings. The second kappa shape index (κ2) is 4.98. The van der Waals surface area contributed by atoms with Gasteiger partial charge in [-0.15, -0.1) is 0 Å². The van der Waals surface area contributed by atoms with Crippen LogP contribution in [0.2, 0.25) is 0 Å². The zero-order valence-electron chi connectivity index (χ0n) is 9.99. The van der Waals surface area contributed by atoms with Gasteiger partial charge in [0, 0.05) is 8.95 Å². The molecule has 0 atom stereocenters. The van der Waals surface area contributed by atoms with Crippen LogP contribution in [0.25, 0.3) is 11.0 Å². The van der Waals surface area contributed by atoms with Crippen LogP contribution in [-0.2, 0) is 10.0 Å². The first-order valence-corrected chi connectivity index (χ1v) is 8.65. The lowest BCUT2D eigenvalue weighted by atomic mass is 10.3. The Morgan fingerprint density at radius 1 is 1.05 bits per heavy atom. The van der Waals surface area contributed by atoms with E-state index < -0.39 is 10.0 Å². The second-order valence-corrected chi connectivity index (χ2v) is 7.66. The van der Waals surface area contributed by atoms with E-state index in [2.05, 4.69) is 36.8 Å². The molecule has 1 aromatic heterocycles. The molecule has 0 fully saturated rings. The fourth-order valence-electron chi connectivity index (χ4n) is 1.92. The molecule has 1 heterocycles. The van der Waals surface area contributed by atoms with Crippen molar-refractivity contribution in [2.75, 3.05) is 0 Å². The number of nitrogens with zero attached hydrogens (tertiary/aromatic N) is 2. The quantitative estimate of drug-likeness (QED) is 0.639. The fraction of sp³-hybridized carbons (Fsp3) is 0. The van der Waals surface area contributed by atoms with E-state index in [0.29, 0.717) is 15.5 Å². The summed E-state index contributed by atoms with van der Waals surface area (Å²) in [7, 11) is -3.68. The first-order chi connectivity index (χ1) is 9.50. The summed E-state index contributed by atoms with van der Waals surface area (Å²) in [6.45, 7) is 0. The van der Waals surface area contributed by atoms with Crippen molar-refractivity contribution >= 4 is 52.9 Å². The van der Waals surface area contributed by atoms with Crippen molar-refractivity contribution in [1.29, 1.82) is 0 Å². The molecule has 102 valence electrons. The van der Waals surface area contributed by atoms with E-state index in [0.717, 1.165) is 4.47 Å². The van der Waals surface area contributed by atoms with E-state index in [-0.39, 0.29) is 4.90 Å². The molecular formula is C13H8Br2N2O2S. The summed E-state index contributed by atoms with van der Waals surface area (Å²) in [4.78, 5) is 4.31. The molecular weight excluding hydrogens is 408 g/mol. The predicted octanol–water partition coefficient (Wildman–Crippen LogP) is 3.80. The number of fused-ring (bicyclic) bond motifs is 1. The highest BCUT2D eigenvalue weighted by Gasteiger charge is 2.22. The normalized spacial score (nSPS) is 11.9. The summed E-state index contributed by atoms with van der Waals surface area (Å²) in [5.41, 5.74) is 1.20. The Bertz CT molecular complexity index is 904. The third-order valence-corrected chi connectivity index (χ3v) is 5.98. The maximum absolute atomic E-state index is 12.7. The maximum atomic E-state index is 12.7. The van der Waals surface area contributed by atoms with Crippen LogP contribution in [-0.4, -0.2) is 17.4 Å². The average molecular weight is 416 g/mol. The van der Waals surface area contributed by atoms with Crippen LogP contribution in [0.4, 0.5) is 0 Å². The van der Waals surface area contributed by atoms with E-state index in [1.807, 2.05) is 6.07 Å². The summed E-state index contributed by atoms with van der Waals surface area (Å²) in [6.07, 6.45) is 1.33. The van der Waals surface area contributed by atoms with Gasteiger partial charge in [-0.1, -0.05) is 28.1 Å².